The van der Waals surface area contributed by atoms with E-state index in [9.17, 15) is 0 Å². The zero-order chi connectivity index (χ0) is 23.2. The highest BCUT2D eigenvalue weighted by Crippen LogP contribution is 2.25. The number of fused-ring (bicyclic) bond motifs is 1. The molecule has 5 nitrogen and oxygen atoms in total. The first-order valence-electron chi connectivity index (χ1n) is 12.1. The molecule has 1 aliphatic heterocycles. The van der Waals surface area contributed by atoms with Crippen LogP contribution >= 0.6 is 0 Å². The number of hydrogen-bond acceptors (Lipinski definition) is 4. The molecule has 5 heteroatoms. The fourth-order valence-corrected chi connectivity index (χ4v) is 4.49. The van der Waals surface area contributed by atoms with E-state index in [2.05, 4.69) is 88.2 Å². The van der Waals surface area contributed by atoms with Gasteiger partial charge < -0.3 is 9.30 Å². The summed E-state index contributed by atoms with van der Waals surface area (Å²) < 4.78 is 8.18. The molecule has 0 radical (unpaired) electrons. The van der Waals surface area contributed by atoms with Gasteiger partial charge in [0.25, 0.3) is 0 Å². The molecular weight excluding hydrogens is 420 g/mol. The average Bonchev–Trinajstić information content (AvgIpc) is 3.23. The molecule has 0 atom stereocenters. The first-order chi connectivity index (χ1) is 16.8. The highest BCUT2D eigenvalue weighted by Gasteiger charge is 2.15. The Kier molecular flexibility index (Phi) is 7.03. The van der Waals surface area contributed by atoms with Gasteiger partial charge in [-0.25, -0.2) is 4.98 Å². The maximum atomic E-state index is 6.04. The minimum absolute atomic E-state index is 0.708. The van der Waals surface area contributed by atoms with Gasteiger partial charge in [0.1, 0.15) is 18.2 Å². The summed E-state index contributed by atoms with van der Waals surface area (Å²) in [5.74, 6) is 1.89. The molecule has 0 amide bonds. The zero-order valence-corrected chi connectivity index (χ0v) is 19.8. The lowest BCUT2D eigenvalue weighted by atomic mass is 10.2. The van der Waals surface area contributed by atoms with Gasteiger partial charge in [-0.1, -0.05) is 54.6 Å². The van der Waals surface area contributed by atoms with Crippen LogP contribution in [0.5, 0.6) is 5.75 Å². The number of nitrogens with zero attached hydrogens (tertiary/aromatic N) is 4. The van der Waals surface area contributed by atoms with Gasteiger partial charge in [0.05, 0.1) is 11.0 Å². The van der Waals surface area contributed by atoms with E-state index >= 15 is 0 Å². The Morgan fingerprint density at radius 1 is 0.824 bits per heavy atom. The van der Waals surface area contributed by atoms with Crippen molar-refractivity contribution in [2.24, 2.45) is 7.05 Å². The number of para-hydroxylation sites is 2. The SMILES string of the molecule is Cn1c(-c2ccc(OCCN3CCN(CC=Cc4ccccc4)CC3)cc2)nc2ccccc21. The van der Waals surface area contributed by atoms with Crippen LogP contribution in [0.15, 0.2) is 84.9 Å². The highest BCUT2D eigenvalue weighted by molar-refractivity contribution is 5.80. The second kappa shape index (κ2) is 10.7. The Labute approximate surface area is 201 Å². The van der Waals surface area contributed by atoms with Crippen LogP contribution in [0.2, 0.25) is 0 Å². The smallest absolute Gasteiger partial charge is 0.140 e. The number of benzene rings is 3. The Bertz CT molecular complexity index is 1220. The molecule has 4 aromatic rings. The Morgan fingerprint density at radius 3 is 2.29 bits per heavy atom. The van der Waals surface area contributed by atoms with Crippen molar-refractivity contribution in [2.45, 2.75) is 0 Å². The van der Waals surface area contributed by atoms with Crippen LogP contribution in [0.3, 0.4) is 0 Å². The average molecular weight is 453 g/mol. The number of imidazole rings is 1. The third kappa shape index (κ3) is 5.38. The number of aryl methyl sites for hydroxylation is 1. The molecule has 34 heavy (non-hydrogen) atoms. The van der Waals surface area contributed by atoms with Gasteiger partial charge >= 0.3 is 0 Å². The lowest BCUT2D eigenvalue weighted by Crippen LogP contribution is -2.47. The van der Waals surface area contributed by atoms with E-state index in [1.807, 2.05) is 24.3 Å². The van der Waals surface area contributed by atoms with Crippen molar-refractivity contribution in [2.75, 3.05) is 45.9 Å². The third-order valence-electron chi connectivity index (χ3n) is 6.51. The Balaban J connectivity index is 1.05. The van der Waals surface area contributed by atoms with Crippen molar-refractivity contribution >= 4 is 17.1 Å². The van der Waals surface area contributed by atoms with E-state index in [1.165, 1.54) is 5.56 Å². The minimum atomic E-state index is 0.708. The van der Waals surface area contributed by atoms with Crippen molar-refractivity contribution in [1.82, 2.24) is 19.4 Å². The third-order valence-corrected chi connectivity index (χ3v) is 6.51. The molecule has 1 aliphatic rings. The summed E-state index contributed by atoms with van der Waals surface area (Å²) in [6, 6.07) is 27.0. The molecule has 0 bridgehead atoms. The van der Waals surface area contributed by atoms with Crippen LogP contribution in [0.1, 0.15) is 5.56 Å². The fraction of sp³-hybridized carbons (Fsp3) is 0.276. The van der Waals surface area contributed by atoms with Crippen molar-refractivity contribution < 1.29 is 4.74 Å². The van der Waals surface area contributed by atoms with Crippen LogP contribution in [0.25, 0.3) is 28.5 Å². The van der Waals surface area contributed by atoms with Crippen molar-refractivity contribution in [3.05, 3.63) is 90.5 Å². The molecule has 2 heterocycles. The lowest BCUT2D eigenvalue weighted by Gasteiger charge is -2.34. The largest absolute Gasteiger partial charge is 0.492 e. The van der Waals surface area contributed by atoms with Gasteiger partial charge in [0.15, 0.2) is 0 Å². The van der Waals surface area contributed by atoms with E-state index in [0.717, 1.165) is 67.4 Å². The summed E-state index contributed by atoms with van der Waals surface area (Å²) in [7, 11) is 2.06. The highest BCUT2D eigenvalue weighted by atomic mass is 16.5. The van der Waals surface area contributed by atoms with E-state index in [0.29, 0.717) is 6.61 Å². The summed E-state index contributed by atoms with van der Waals surface area (Å²) in [5, 5.41) is 0. The number of ether oxygens (including phenoxy) is 1. The molecule has 0 aliphatic carbocycles. The van der Waals surface area contributed by atoms with Gasteiger partial charge in [-0.2, -0.15) is 0 Å². The predicted molar refractivity (Wildman–Crippen MR) is 140 cm³/mol. The molecule has 0 unspecified atom stereocenters. The summed E-state index contributed by atoms with van der Waals surface area (Å²) in [6.07, 6.45) is 4.48. The van der Waals surface area contributed by atoms with Crippen LogP contribution in [-0.4, -0.2) is 65.2 Å². The quantitative estimate of drug-likeness (QED) is 0.379. The fourth-order valence-electron chi connectivity index (χ4n) is 4.49. The van der Waals surface area contributed by atoms with Gasteiger partial charge in [0.2, 0.25) is 0 Å². The Morgan fingerprint density at radius 2 is 1.53 bits per heavy atom. The maximum absolute atomic E-state index is 6.04. The predicted octanol–water partition coefficient (Wildman–Crippen LogP) is 4.95. The molecule has 0 N–H and O–H groups in total. The maximum Gasteiger partial charge on any atom is 0.140 e. The van der Waals surface area contributed by atoms with Gasteiger partial charge in [-0.05, 0) is 42.0 Å². The van der Waals surface area contributed by atoms with Crippen LogP contribution < -0.4 is 4.74 Å². The first kappa shape index (κ1) is 22.4. The lowest BCUT2D eigenvalue weighted by molar-refractivity contribution is 0.125. The first-order valence-corrected chi connectivity index (χ1v) is 12.1. The van der Waals surface area contributed by atoms with Crippen LogP contribution in [0.4, 0.5) is 0 Å². The summed E-state index contributed by atoms with van der Waals surface area (Å²) in [5.41, 5.74) is 4.53. The van der Waals surface area contributed by atoms with E-state index in [4.69, 9.17) is 9.72 Å². The zero-order valence-electron chi connectivity index (χ0n) is 19.8. The van der Waals surface area contributed by atoms with E-state index in [1.54, 1.807) is 0 Å². The summed E-state index contributed by atoms with van der Waals surface area (Å²) in [6.45, 7) is 7.07. The molecule has 174 valence electrons. The van der Waals surface area contributed by atoms with E-state index in [-0.39, 0.29) is 0 Å². The number of rotatable bonds is 8. The van der Waals surface area contributed by atoms with E-state index < -0.39 is 0 Å². The van der Waals surface area contributed by atoms with Gasteiger partial charge in [-0.15, -0.1) is 0 Å². The second-order valence-corrected chi connectivity index (χ2v) is 8.81. The molecule has 1 aromatic heterocycles. The summed E-state index contributed by atoms with van der Waals surface area (Å²) in [4.78, 5) is 9.78. The second-order valence-electron chi connectivity index (χ2n) is 8.81. The minimum Gasteiger partial charge on any atom is -0.492 e. The van der Waals surface area contributed by atoms with Crippen LogP contribution in [0, 0.1) is 0 Å². The molecule has 0 spiro atoms. The molecule has 1 fully saturated rings. The van der Waals surface area contributed by atoms with Crippen LogP contribution in [-0.2, 0) is 7.05 Å². The topological polar surface area (TPSA) is 33.5 Å². The van der Waals surface area contributed by atoms with Crippen molar-refractivity contribution in [1.29, 1.82) is 0 Å². The normalized spacial score (nSPS) is 15.3. The molecular formula is C29H32N4O. The molecule has 5 rings (SSSR count). The standard InChI is InChI=1S/C29H32N4O/c1-31-28-12-6-5-11-27(28)30-29(31)25-13-15-26(16-14-25)34-23-22-33-20-18-32(19-21-33)17-7-10-24-8-3-2-4-9-24/h2-16H,17-23H2,1H3. The van der Waals surface area contributed by atoms with Crippen molar-refractivity contribution in [3.63, 3.8) is 0 Å². The molecule has 1 saturated heterocycles. The molecule has 3 aromatic carbocycles. The van der Waals surface area contributed by atoms with Crippen molar-refractivity contribution in [3.8, 4) is 17.1 Å². The summed E-state index contributed by atoms with van der Waals surface area (Å²) >= 11 is 0. The number of hydrogen-bond donors (Lipinski definition) is 0. The molecule has 0 saturated carbocycles. The number of aromatic nitrogens is 2. The van der Waals surface area contributed by atoms with Gasteiger partial charge in [0, 0.05) is 51.9 Å². The number of piperazine rings is 1. The Hall–Kier alpha value is -3.41. The monoisotopic (exact) mass is 452 g/mol. The van der Waals surface area contributed by atoms with Gasteiger partial charge in [-0.3, -0.25) is 9.80 Å².